The largest absolute Gasteiger partial charge is 0.493 e. The van der Waals surface area contributed by atoms with E-state index in [2.05, 4.69) is 20.9 Å². The van der Waals surface area contributed by atoms with Crippen LogP contribution in [0, 0.1) is 12.3 Å². The Balaban J connectivity index is 1.68. The van der Waals surface area contributed by atoms with Gasteiger partial charge in [0.1, 0.15) is 17.8 Å². The highest BCUT2D eigenvalue weighted by Crippen LogP contribution is 2.35. The third-order valence-electron chi connectivity index (χ3n) is 8.37. The number of aryl methyl sites for hydroxylation is 1. The number of nitrogens with zero attached hydrogens (tertiary/aromatic N) is 2. The van der Waals surface area contributed by atoms with Gasteiger partial charge in [-0.25, -0.2) is 4.98 Å². The normalized spacial score (nSPS) is 17.2. The third kappa shape index (κ3) is 11.8. The van der Waals surface area contributed by atoms with Gasteiger partial charge in [-0.1, -0.05) is 32.9 Å². The highest BCUT2D eigenvalue weighted by atomic mass is 32.1. The van der Waals surface area contributed by atoms with E-state index >= 15 is 0 Å². The second-order valence-electron chi connectivity index (χ2n) is 13.7. The molecule has 1 aliphatic heterocycles. The molecule has 1 aliphatic rings. The molecule has 49 heavy (non-hydrogen) atoms. The number of carboxylic acid groups (broad SMARTS) is 1. The Morgan fingerprint density at radius 2 is 1.82 bits per heavy atom. The predicted octanol–water partition coefficient (Wildman–Crippen LogP) is 3.73. The molecule has 1 fully saturated rings. The first-order valence-electron chi connectivity index (χ1n) is 16.8. The molecule has 0 radical (unpaired) electrons. The van der Waals surface area contributed by atoms with Crippen LogP contribution in [0.4, 0.5) is 0 Å². The first kappa shape index (κ1) is 39.4. The van der Waals surface area contributed by atoms with Crippen molar-refractivity contribution in [2.75, 3.05) is 19.7 Å². The van der Waals surface area contributed by atoms with Crippen molar-refractivity contribution in [3.05, 3.63) is 35.0 Å². The maximum Gasteiger partial charge on any atom is 0.303 e. The van der Waals surface area contributed by atoms with Crippen LogP contribution < -0.4 is 20.7 Å². The molecule has 0 bridgehead atoms. The van der Waals surface area contributed by atoms with Gasteiger partial charge in [0.15, 0.2) is 0 Å². The van der Waals surface area contributed by atoms with Crippen LogP contribution in [-0.4, -0.2) is 87.6 Å². The van der Waals surface area contributed by atoms with E-state index in [4.69, 9.17) is 9.84 Å². The summed E-state index contributed by atoms with van der Waals surface area (Å²) < 4.78 is 6.27. The van der Waals surface area contributed by atoms with Crippen LogP contribution in [0.3, 0.4) is 0 Å². The van der Waals surface area contributed by atoms with E-state index < -0.39 is 47.4 Å². The fourth-order valence-corrected chi connectivity index (χ4v) is 6.55. The molecule has 4 amide bonds. The van der Waals surface area contributed by atoms with Crippen LogP contribution in [0.15, 0.2) is 23.7 Å². The number of carboxylic acids is 1. The number of nitrogens with one attached hydrogen (secondary N) is 3. The Hall–Kier alpha value is -4.04. The molecule has 5 N–H and O–H groups in total. The second kappa shape index (κ2) is 18.1. The first-order chi connectivity index (χ1) is 23.1. The monoisotopic (exact) mass is 701 g/mol. The second-order valence-corrected chi connectivity index (χ2v) is 14.5. The SMILES string of the molecule is CC(=O)N[C@H](C(=O)N1C[C@H](O)C[C@H]1C(=O)N[C@@H](C)c1ccc(-c2scnc2C)cc1OCCCCCNC(=O)CCCC(=O)O)C(C)(C)C. The molecule has 0 unspecified atom stereocenters. The molecule has 0 saturated carbocycles. The zero-order valence-corrected chi connectivity index (χ0v) is 30.2. The van der Waals surface area contributed by atoms with Crippen molar-refractivity contribution in [2.24, 2.45) is 5.41 Å². The predicted molar refractivity (Wildman–Crippen MR) is 186 cm³/mol. The smallest absolute Gasteiger partial charge is 0.303 e. The summed E-state index contributed by atoms with van der Waals surface area (Å²) in [7, 11) is 0. The van der Waals surface area contributed by atoms with Crippen LogP contribution in [-0.2, 0) is 24.0 Å². The number of aromatic nitrogens is 1. The number of rotatable bonds is 17. The summed E-state index contributed by atoms with van der Waals surface area (Å²) in [5.41, 5.74) is 3.74. The van der Waals surface area contributed by atoms with E-state index in [1.54, 1.807) is 5.51 Å². The van der Waals surface area contributed by atoms with E-state index in [0.717, 1.165) is 41.0 Å². The van der Waals surface area contributed by atoms with E-state index in [1.807, 2.05) is 52.8 Å². The summed E-state index contributed by atoms with van der Waals surface area (Å²) in [4.78, 5) is 68.5. The van der Waals surface area contributed by atoms with Crippen molar-refractivity contribution in [2.45, 2.75) is 111 Å². The number of unbranched alkanes of at least 4 members (excludes halogenated alkanes) is 2. The minimum Gasteiger partial charge on any atom is -0.493 e. The van der Waals surface area contributed by atoms with Crippen molar-refractivity contribution in [1.82, 2.24) is 25.8 Å². The number of carbonyl (C=O) groups excluding carboxylic acids is 4. The molecule has 2 aromatic rings. The number of aliphatic carboxylic acids is 1. The minimum atomic E-state index is -0.915. The van der Waals surface area contributed by atoms with Gasteiger partial charge in [-0.05, 0) is 56.6 Å². The maximum atomic E-state index is 13.7. The summed E-state index contributed by atoms with van der Waals surface area (Å²) >= 11 is 1.52. The maximum absolute atomic E-state index is 13.7. The highest BCUT2D eigenvalue weighted by Gasteiger charge is 2.44. The van der Waals surface area contributed by atoms with Crippen LogP contribution in [0.25, 0.3) is 10.4 Å². The number of aliphatic hydroxyl groups is 1. The molecule has 0 aliphatic carbocycles. The van der Waals surface area contributed by atoms with Crippen molar-refractivity contribution < 1.29 is 38.9 Å². The fourth-order valence-electron chi connectivity index (χ4n) is 5.75. The van der Waals surface area contributed by atoms with Crippen molar-refractivity contribution in [3.63, 3.8) is 0 Å². The standard InChI is InChI=1S/C35H51N5O8S/c1-21(38-33(46)27-18-25(42)19-40(27)34(47)32(35(4,5)6)39-23(3)41)26-14-13-24(31-22(2)37-20-49-31)17-28(26)48-16-9-7-8-15-36-29(43)11-10-12-30(44)45/h13-14,17,20-21,25,27,32,42H,7-12,15-16,18-19H2,1-6H3,(H,36,43)(H,38,46)(H,39,41)(H,44,45)/t21-,25+,27-,32+/m0/s1. The molecular formula is C35H51N5O8S. The summed E-state index contributed by atoms with van der Waals surface area (Å²) in [6.45, 7) is 11.5. The molecule has 13 nitrogen and oxygen atoms in total. The van der Waals surface area contributed by atoms with Crippen LogP contribution >= 0.6 is 11.3 Å². The van der Waals surface area contributed by atoms with Crippen LogP contribution in [0.5, 0.6) is 5.75 Å². The molecule has 0 spiro atoms. The zero-order valence-electron chi connectivity index (χ0n) is 29.3. The fraction of sp³-hybridized carbons (Fsp3) is 0.600. The summed E-state index contributed by atoms with van der Waals surface area (Å²) in [5, 5.41) is 27.8. The minimum absolute atomic E-state index is 0.0108. The average molecular weight is 702 g/mol. The lowest BCUT2D eigenvalue weighted by atomic mass is 9.85. The van der Waals surface area contributed by atoms with Crippen molar-refractivity contribution in [1.29, 1.82) is 0 Å². The van der Waals surface area contributed by atoms with Crippen molar-refractivity contribution >= 4 is 40.9 Å². The van der Waals surface area contributed by atoms with Gasteiger partial charge < -0.3 is 35.8 Å². The van der Waals surface area contributed by atoms with E-state index in [-0.39, 0.29) is 37.6 Å². The van der Waals surface area contributed by atoms with Crippen LogP contribution in [0.1, 0.15) is 96.9 Å². The van der Waals surface area contributed by atoms with E-state index in [1.165, 1.54) is 23.2 Å². The number of ether oxygens (including phenoxy) is 1. The zero-order chi connectivity index (χ0) is 36.3. The number of carbonyl (C=O) groups is 5. The summed E-state index contributed by atoms with van der Waals surface area (Å²) in [5.74, 6) is -1.66. The number of hydrogen-bond acceptors (Lipinski definition) is 9. The molecule has 2 heterocycles. The van der Waals surface area contributed by atoms with Gasteiger partial charge in [-0.3, -0.25) is 24.0 Å². The van der Waals surface area contributed by atoms with Gasteiger partial charge in [-0.15, -0.1) is 11.3 Å². The molecule has 1 aromatic carbocycles. The van der Waals surface area contributed by atoms with Crippen molar-refractivity contribution in [3.8, 4) is 16.2 Å². The number of benzene rings is 1. The molecule has 3 rings (SSSR count). The lowest BCUT2D eigenvalue weighted by molar-refractivity contribution is -0.144. The number of thiazole rings is 1. The molecule has 1 saturated heterocycles. The third-order valence-corrected chi connectivity index (χ3v) is 9.34. The quantitative estimate of drug-likeness (QED) is 0.153. The number of β-amino-alcohol motifs (C(OH)–C–C–N with tert-alkyl or cyclic N) is 1. The summed E-state index contributed by atoms with van der Waals surface area (Å²) in [6, 6.07) is 3.52. The van der Waals surface area contributed by atoms with Gasteiger partial charge in [-0.2, -0.15) is 0 Å². The Labute approximate surface area is 292 Å². The van der Waals surface area contributed by atoms with Gasteiger partial charge in [0.2, 0.25) is 23.6 Å². The Morgan fingerprint density at radius 1 is 1.08 bits per heavy atom. The molecule has 14 heteroatoms. The highest BCUT2D eigenvalue weighted by molar-refractivity contribution is 7.13. The lowest BCUT2D eigenvalue weighted by Crippen LogP contribution is -2.57. The molecule has 4 atom stereocenters. The van der Waals surface area contributed by atoms with E-state index in [9.17, 15) is 29.1 Å². The summed E-state index contributed by atoms with van der Waals surface area (Å²) in [6.07, 6.45) is 1.94. The average Bonchev–Trinajstić information content (AvgIpc) is 3.63. The topological polar surface area (TPSA) is 187 Å². The van der Waals surface area contributed by atoms with Gasteiger partial charge >= 0.3 is 5.97 Å². The van der Waals surface area contributed by atoms with Gasteiger partial charge in [0.25, 0.3) is 0 Å². The molecule has 1 aromatic heterocycles. The lowest BCUT2D eigenvalue weighted by Gasteiger charge is -2.35. The number of amides is 4. The molecule has 270 valence electrons. The van der Waals surface area contributed by atoms with E-state index in [0.29, 0.717) is 25.3 Å². The van der Waals surface area contributed by atoms with Gasteiger partial charge in [0, 0.05) is 44.8 Å². The first-order valence-corrected chi connectivity index (χ1v) is 17.7. The Morgan fingerprint density at radius 3 is 2.45 bits per heavy atom. The number of likely N-dealkylation sites (tertiary alicyclic amines) is 1. The number of aliphatic hydroxyl groups excluding tert-OH is 1. The molecular weight excluding hydrogens is 650 g/mol. The Kier molecular flexibility index (Phi) is 14.5. The Bertz CT molecular complexity index is 1470. The van der Waals surface area contributed by atoms with Gasteiger partial charge in [0.05, 0.1) is 34.8 Å². The van der Waals surface area contributed by atoms with Crippen LogP contribution in [0.2, 0.25) is 0 Å². The number of hydrogen-bond donors (Lipinski definition) is 5.